The molecule has 0 unspecified atom stereocenters. The molecule has 0 bridgehead atoms. The van der Waals surface area contributed by atoms with Crippen molar-refractivity contribution in [3.05, 3.63) is 59.7 Å². The fourth-order valence-electron chi connectivity index (χ4n) is 2.30. The monoisotopic (exact) mass is 431 g/mol. The number of amides is 2. The minimum atomic E-state index is -0.441. The van der Waals surface area contributed by atoms with Crippen molar-refractivity contribution >= 4 is 29.1 Å². The number of ether oxygens (including phenoxy) is 3. The van der Waals surface area contributed by atoms with Crippen molar-refractivity contribution < 1.29 is 23.8 Å². The highest BCUT2D eigenvalue weighted by Crippen LogP contribution is 2.15. The Morgan fingerprint density at radius 1 is 0.967 bits per heavy atom. The van der Waals surface area contributed by atoms with Crippen LogP contribution in [0.15, 0.2) is 48.5 Å². The lowest BCUT2D eigenvalue weighted by molar-refractivity contribution is -0.123. The molecule has 0 aliphatic rings. The third-order valence-corrected chi connectivity index (χ3v) is 4.02. The van der Waals surface area contributed by atoms with Gasteiger partial charge in [-0.15, -0.1) is 0 Å². The Labute approximate surface area is 180 Å². The first-order valence-electron chi connectivity index (χ1n) is 9.38. The predicted molar refractivity (Wildman–Crippen MR) is 116 cm³/mol. The van der Waals surface area contributed by atoms with Crippen LogP contribution in [0.25, 0.3) is 0 Å². The van der Waals surface area contributed by atoms with E-state index in [4.69, 9.17) is 26.4 Å². The minimum absolute atomic E-state index is 0.0405. The normalized spacial score (nSPS) is 10.1. The summed E-state index contributed by atoms with van der Waals surface area (Å²) in [4.78, 5) is 24.1. The third-order valence-electron chi connectivity index (χ3n) is 3.81. The number of hydrogen-bond donors (Lipinski definition) is 3. The average molecular weight is 432 g/mol. The summed E-state index contributed by atoms with van der Waals surface area (Å²) in [6, 6.07) is 14.0. The van der Waals surface area contributed by atoms with Crippen molar-refractivity contribution in [3.8, 4) is 11.5 Å². The van der Waals surface area contributed by atoms with Crippen LogP contribution in [0.1, 0.15) is 22.8 Å². The fraction of sp³-hybridized carbons (Fsp3) is 0.286. The molecule has 0 atom stereocenters. The van der Waals surface area contributed by atoms with Crippen LogP contribution < -0.4 is 25.6 Å². The van der Waals surface area contributed by atoms with E-state index >= 15 is 0 Å². The Morgan fingerprint density at radius 3 is 2.40 bits per heavy atom. The zero-order valence-electron chi connectivity index (χ0n) is 16.9. The molecule has 3 N–H and O–H groups in total. The summed E-state index contributed by atoms with van der Waals surface area (Å²) in [6.07, 6.45) is 0. The maximum Gasteiger partial charge on any atom is 0.276 e. The number of carbonyl (C=O) groups excluding carboxylic acids is 2. The Balaban J connectivity index is 1.70. The highest BCUT2D eigenvalue weighted by molar-refractivity contribution is 7.80. The SMILES string of the molecule is CCOCCOc1ccc(C(=O)NC(=S)NNC(=O)COc2ccccc2C)cc1. The molecule has 2 amide bonds. The first-order chi connectivity index (χ1) is 14.5. The Kier molecular flexibility index (Phi) is 9.56. The van der Waals surface area contributed by atoms with Crippen LogP contribution in [0.5, 0.6) is 11.5 Å². The van der Waals surface area contributed by atoms with Gasteiger partial charge in [-0.05, 0) is 62.0 Å². The number of rotatable bonds is 9. The van der Waals surface area contributed by atoms with Crippen LogP contribution in [0.4, 0.5) is 0 Å². The summed E-state index contributed by atoms with van der Waals surface area (Å²) in [6.45, 7) is 5.17. The minimum Gasteiger partial charge on any atom is -0.491 e. The molecule has 0 aliphatic carbocycles. The standard InChI is InChI=1S/C21H25N3O5S/c1-3-27-12-13-28-17-10-8-16(9-11-17)20(26)22-21(30)24-23-19(25)14-29-18-7-5-4-6-15(18)2/h4-11H,3,12-14H2,1-2H3,(H,23,25)(H2,22,24,26,30). The van der Waals surface area contributed by atoms with E-state index in [0.29, 0.717) is 36.9 Å². The summed E-state index contributed by atoms with van der Waals surface area (Å²) < 4.78 is 16.1. The van der Waals surface area contributed by atoms with Gasteiger partial charge < -0.3 is 14.2 Å². The Hall–Kier alpha value is -3.17. The van der Waals surface area contributed by atoms with Crippen LogP contribution in [-0.4, -0.2) is 43.4 Å². The molecule has 2 rings (SSSR count). The third kappa shape index (κ3) is 8.06. The van der Waals surface area contributed by atoms with E-state index in [9.17, 15) is 9.59 Å². The number of para-hydroxylation sites is 1. The number of thiocarbonyl (C=S) groups is 1. The largest absolute Gasteiger partial charge is 0.491 e. The van der Waals surface area contributed by atoms with Gasteiger partial charge in [0.25, 0.3) is 11.8 Å². The van der Waals surface area contributed by atoms with E-state index in [1.165, 1.54) is 0 Å². The highest BCUT2D eigenvalue weighted by Gasteiger charge is 2.09. The molecule has 0 heterocycles. The van der Waals surface area contributed by atoms with Gasteiger partial charge in [-0.2, -0.15) is 0 Å². The van der Waals surface area contributed by atoms with Gasteiger partial charge in [0.2, 0.25) is 0 Å². The number of aryl methyl sites for hydroxylation is 1. The molecule has 9 heteroatoms. The highest BCUT2D eigenvalue weighted by atomic mass is 32.1. The van der Waals surface area contributed by atoms with Crippen molar-refractivity contribution in [2.45, 2.75) is 13.8 Å². The van der Waals surface area contributed by atoms with E-state index < -0.39 is 11.8 Å². The van der Waals surface area contributed by atoms with Crippen LogP contribution in [0.3, 0.4) is 0 Å². The molecular formula is C21H25N3O5S. The average Bonchev–Trinajstić information content (AvgIpc) is 2.75. The van der Waals surface area contributed by atoms with Crippen molar-refractivity contribution in [1.82, 2.24) is 16.2 Å². The van der Waals surface area contributed by atoms with Crippen LogP contribution in [0.2, 0.25) is 0 Å². The lowest BCUT2D eigenvalue weighted by atomic mass is 10.2. The lowest BCUT2D eigenvalue weighted by Gasteiger charge is -2.12. The molecule has 0 saturated heterocycles. The first-order valence-corrected chi connectivity index (χ1v) is 9.79. The maximum atomic E-state index is 12.2. The van der Waals surface area contributed by atoms with Gasteiger partial charge >= 0.3 is 0 Å². The van der Waals surface area contributed by atoms with Gasteiger partial charge in [-0.25, -0.2) is 0 Å². The van der Waals surface area contributed by atoms with E-state index in [1.807, 2.05) is 32.0 Å². The topological polar surface area (TPSA) is 97.9 Å². The summed E-state index contributed by atoms with van der Waals surface area (Å²) in [5.41, 5.74) is 6.15. The predicted octanol–water partition coefficient (Wildman–Crippen LogP) is 2.12. The summed E-state index contributed by atoms with van der Waals surface area (Å²) in [7, 11) is 0. The molecule has 0 saturated carbocycles. The lowest BCUT2D eigenvalue weighted by Crippen LogP contribution is -2.49. The molecule has 0 radical (unpaired) electrons. The number of carbonyl (C=O) groups is 2. The van der Waals surface area contributed by atoms with Crippen LogP contribution in [0, 0.1) is 6.92 Å². The van der Waals surface area contributed by atoms with Crippen molar-refractivity contribution in [1.29, 1.82) is 0 Å². The molecule has 0 spiro atoms. The molecule has 160 valence electrons. The van der Waals surface area contributed by atoms with Crippen molar-refractivity contribution in [2.75, 3.05) is 26.4 Å². The maximum absolute atomic E-state index is 12.2. The van der Waals surface area contributed by atoms with Gasteiger partial charge in [0, 0.05) is 12.2 Å². The first kappa shape index (κ1) is 23.1. The number of benzene rings is 2. The molecule has 0 fully saturated rings. The summed E-state index contributed by atoms with van der Waals surface area (Å²) >= 11 is 5.02. The van der Waals surface area contributed by atoms with Gasteiger partial charge in [0.15, 0.2) is 11.7 Å². The van der Waals surface area contributed by atoms with Crippen LogP contribution >= 0.6 is 12.2 Å². The second-order valence-electron chi connectivity index (χ2n) is 6.08. The van der Waals surface area contributed by atoms with Gasteiger partial charge in [0.05, 0.1) is 6.61 Å². The van der Waals surface area contributed by atoms with Crippen LogP contribution in [-0.2, 0) is 9.53 Å². The van der Waals surface area contributed by atoms with Gasteiger partial charge in [-0.3, -0.25) is 25.8 Å². The van der Waals surface area contributed by atoms with E-state index in [1.54, 1.807) is 30.3 Å². The molecule has 2 aromatic rings. The van der Waals surface area contributed by atoms with E-state index in [-0.39, 0.29) is 11.7 Å². The quantitative estimate of drug-likeness (QED) is 0.318. The zero-order valence-corrected chi connectivity index (χ0v) is 17.7. The van der Waals surface area contributed by atoms with Crippen molar-refractivity contribution in [2.24, 2.45) is 0 Å². The zero-order chi connectivity index (χ0) is 21.8. The smallest absolute Gasteiger partial charge is 0.276 e. The second kappa shape index (κ2) is 12.4. The summed E-state index contributed by atoms with van der Waals surface area (Å²) in [5.74, 6) is 0.392. The fourth-order valence-corrected chi connectivity index (χ4v) is 2.44. The van der Waals surface area contributed by atoms with E-state index in [0.717, 1.165) is 5.56 Å². The molecule has 30 heavy (non-hydrogen) atoms. The number of hydrogen-bond acceptors (Lipinski definition) is 6. The van der Waals surface area contributed by atoms with E-state index in [2.05, 4.69) is 16.2 Å². The summed E-state index contributed by atoms with van der Waals surface area (Å²) in [5, 5.41) is 2.44. The molecule has 0 aromatic heterocycles. The Morgan fingerprint density at radius 2 is 1.70 bits per heavy atom. The van der Waals surface area contributed by atoms with Gasteiger partial charge in [-0.1, -0.05) is 18.2 Å². The number of hydrazine groups is 1. The number of nitrogens with one attached hydrogen (secondary N) is 3. The van der Waals surface area contributed by atoms with Gasteiger partial charge in [0.1, 0.15) is 18.1 Å². The molecule has 2 aromatic carbocycles. The molecule has 8 nitrogen and oxygen atoms in total. The second-order valence-corrected chi connectivity index (χ2v) is 6.49. The molecular weight excluding hydrogens is 406 g/mol. The Bertz CT molecular complexity index is 858. The molecule has 0 aliphatic heterocycles. The van der Waals surface area contributed by atoms with Crippen molar-refractivity contribution in [3.63, 3.8) is 0 Å².